The van der Waals surface area contributed by atoms with Crippen LogP contribution in [0, 0.1) is 0 Å². The lowest BCUT2D eigenvalue weighted by atomic mass is 10.2. The van der Waals surface area contributed by atoms with Gasteiger partial charge in [0.25, 0.3) is 0 Å². The summed E-state index contributed by atoms with van der Waals surface area (Å²) in [5.74, 6) is -0.328. The predicted molar refractivity (Wildman–Crippen MR) is 89.9 cm³/mol. The van der Waals surface area contributed by atoms with Gasteiger partial charge in [0, 0.05) is 45.0 Å². The van der Waals surface area contributed by atoms with Gasteiger partial charge in [-0.15, -0.1) is 0 Å². The number of urea groups is 1. The fourth-order valence-corrected chi connectivity index (χ4v) is 2.78. The van der Waals surface area contributed by atoms with Gasteiger partial charge in [-0.2, -0.15) is 0 Å². The molecule has 1 heterocycles. The molecule has 0 radical (unpaired) electrons. The Morgan fingerprint density at radius 1 is 1.04 bits per heavy atom. The van der Waals surface area contributed by atoms with Crippen molar-refractivity contribution in [2.75, 3.05) is 51.3 Å². The first-order valence-corrected chi connectivity index (χ1v) is 8.07. The summed E-state index contributed by atoms with van der Waals surface area (Å²) in [7, 11) is 1.38. The Balaban J connectivity index is 1.94. The Morgan fingerprint density at radius 2 is 1.61 bits per heavy atom. The van der Waals surface area contributed by atoms with Crippen LogP contribution in [0.3, 0.4) is 0 Å². The zero-order valence-electron chi connectivity index (χ0n) is 14.1. The summed E-state index contributed by atoms with van der Waals surface area (Å²) >= 11 is 0. The second kappa shape index (κ2) is 7.85. The maximum absolute atomic E-state index is 12.3. The van der Waals surface area contributed by atoms with E-state index in [1.807, 2.05) is 35.8 Å². The molecule has 6 heteroatoms. The lowest BCUT2D eigenvalue weighted by Gasteiger charge is -2.38. The van der Waals surface area contributed by atoms with Crippen LogP contribution in [-0.4, -0.2) is 68.2 Å². The van der Waals surface area contributed by atoms with Crippen LogP contribution in [0.5, 0.6) is 0 Å². The number of amides is 2. The third kappa shape index (κ3) is 3.94. The monoisotopic (exact) mass is 319 g/mol. The Labute approximate surface area is 137 Å². The molecule has 0 saturated carbocycles. The van der Waals surface area contributed by atoms with Crippen molar-refractivity contribution in [1.29, 1.82) is 0 Å². The standard InChI is InChI=1S/C17H25N3O3/c1-4-18(5-2)17(22)20-12-10-19(11-13-20)15-8-6-14(7-9-15)16(21)23-3/h6-9H,4-5,10-13H2,1-3H3. The molecule has 126 valence electrons. The van der Waals surface area contributed by atoms with Crippen LogP contribution < -0.4 is 4.90 Å². The van der Waals surface area contributed by atoms with Gasteiger partial charge < -0.3 is 19.4 Å². The molecule has 1 aromatic rings. The largest absolute Gasteiger partial charge is 0.465 e. The molecule has 0 atom stereocenters. The normalized spacial score (nSPS) is 14.6. The molecule has 6 nitrogen and oxygen atoms in total. The molecule has 2 amide bonds. The second-order valence-electron chi connectivity index (χ2n) is 5.47. The average Bonchev–Trinajstić information content (AvgIpc) is 2.62. The molecule has 1 aromatic carbocycles. The van der Waals surface area contributed by atoms with Crippen LogP contribution in [0.15, 0.2) is 24.3 Å². The number of carbonyl (C=O) groups excluding carboxylic acids is 2. The van der Waals surface area contributed by atoms with Crippen molar-refractivity contribution in [3.8, 4) is 0 Å². The van der Waals surface area contributed by atoms with Gasteiger partial charge in [0.05, 0.1) is 12.7 Å². The topological polar surface area (TPSA) is 53.1 Å². The molecule has 1 aliphatic heterocycles. The molecule has 1 aliphatic rings. The number of benzene rings is 1. The molecular formula is C17H25N3O3. The number of anilines is 1. The van der Waals surface area contributed by atoms with Crippen molar-refractivity contribution in [1.82, 2.24) is 9.80 Å². The average molecular weight is 319 g/mol. The number of piperazine rings is 1. The molecule has 1 fully saturated rings. The van der Waals surface area contributed by atoms with Gasteiger partial charge in [-0.3, -0.25) is 0 Å². The summed E-state index contributed by atoms with van der Waals surface area (Å²) in [5, 5.41) is 0. The van der Waals surface area contributed by atoms with Crippen LogP contribution in [0.2, 0.25) is 0 Å². The molecule has 0 bridgehead atoms. The van der Waals surface area contributed by atoms with E-state index in [0.717, 1.165) is 31.9 Å². The van der Waals surface area contributed by atoms with E-state index in [1.54, 1.807) is 12.1 Å². The van der Waals surface area contributed by atoms with E-state index in [4.69, 9.17) is 4.74 Å². The predicted octanol–water partition coefficient (Wildman–Crippen LogP) is 2.06. The summed E-state index contributed by atoms with van der Waals surface area (Å²) in [6, 6.07) is 7.52. The van der Waals surface area contributed by atoms with Crippen molar-refractivity contribution in [2.45, 2.75) is 13.8 Å². The van der Waals surface area contributed by atoms with Crippen molar-refractivity contribution in [2.24, 2.45) is 0 Å². The summed E-state index contributed by atoms with van der Waals surface area (Å²) in [5.41, 5.74) is 1.61. The van der Waals surface area contributed by atoms with E-state index >= 15 is 0 Å². The maximum atomic E-state index is 12.3. The van der Waals surface area contributed by atoms with E-state index in [0.29, 0.717) is 18.7 Å². The third-order valence-corrected chi connectivity index (χ3v) is 4.24. The number of ether oxygens (including phenoxy) is 1. The van der Waals surface area contributed by atoms with Crippen LogP contribution in [0.25, 0.3) is 0 Å². The van der Waals surface area contributed by atoms with Gasteiger partial charge in [0.1, 0.15) is 0 Å². The fraction of sp³-hybridized carbons (Fsp3) is 0.529. The SMILES string of the molecule is CCN(CC)C(=O)N1CCN(c2ccc(C(=O)OC)cc2)CC1. The quantitative estimate of drug-likeness (QED) is 0.797. The lowest BCUT2D eigenvalue weighted by Crippen LogP contribution is -2.52. The zero-order valence-corrected chi connectivity index (χ0v) is 14.1. The lowest BCUT2D eigenvalue weighted by molar-refractivity contribution is 0.0600. The molecule has 0 aliphatic carbocycles. The Kier molecular flexibility index (Phi) is 5.84. The first kappa shape index (κ1) is 17.1. The number of rotatable bonds is 4. The first-order valence-electron chi connectivity index (χ1n) is 8.07. The summed E-state index contributed by atoms with van der Waals surface area (Å²) < 4.78 is 4.70. The summed E-state index contributed by atoms with van der Waals surface area (Å²) in [6.07, 6.45) is 0. The van der Waals surface area contributed by atoms with Gasteiger partial charge in [-0.05, 0) is 38.1 Å². The smallest absolute Gasteiger partial charge is 0.337 e. The van der Waals surface area contributed by atoms with Gasteiger partial charge >= 0.3 is 12.0 Å². The van der Waals surface area contributed by atoms with Gasteiger partial charge in [0.2, 0.25) is 0 Å². The molecule has 2 rings (SSSR count). The molecular weight excluding hydrogens is 294 g/mol. The van der Waals surface area contributed by atoms with Crippen molar-refractivity contribution < 1.29 is 14.3 Å². The Bertz CT molecular complexity index is 533. The van der Waals surface area contributed by atoms with Crippen LogP contribution in [-0.2, 0) is 4.74 Å². The van der Waals surface area contributed by atoms with E-state index in [-0.39, 0.29) is 12.0 Å². The minimum absolute atomic E-state index is 0.121. The molecule has 1 saturated heterocycles. The number of nitrogens with zero attached hydrogens (tertiary/aromatic N) is 3. The van der Waals surface area contributed by atoms with Gasteiger partial charge in [-0.1, -0.05) is 0 Å². The van der Waals surface area contributed by atoms with Crippen molar-refractivity contribution in [3.05, 3.63) is 29.8 Å². The molecule has 0 spiro atoms. The number of methoxy groups -OCH3 is 1. The highest BCUT2D eigenvalue weighted by Gasteiger charge is 2.24. The number of carbonyl (C=O) groups is 2. The van der Waals surface area contributed by atoms with E-state index in [2.05, 4.69) is 4.90 Å². The first-order chi connectivity index (χ1) is 11.1. The summed E-state index contributed by atoms with van der Waals surface area (Å²) in [4.78, 5) is 29.8. The molecule has 0 aromatic heterocycles. The van der Waals surface area contributed by atoms with Crippen LogP contribution in [0.1, 0.15) is 24.2 Å². The Morgan fingerprint density at radius 3 is 2.09 bits per heavy atom. The maximum Gasteiger partial charge on any atom is 0.337 e. The Hall–Kier alpha value is -2.24. The van der Waals surface area contributed by atoms with Crippen molar-refractivity contribution in [3.63, 3.8) is 0 Å². The molecule has 0 N–H and O–H groups in total. The van der Waals surface area contributed by atoms with Gasteiger partial charge in [0.15, 0.2) is 0 Å². The highest BCUT2D eigenvalue weighted by atomic mass is 16.5. The zero-order chi connectivity index (χ0) is 16.8. The fourth-order valence-electron chi connectivity index (χ4n) is 2.78. The van der Waals surface area contributed by atoms with E-state index < -0.39 is 0 Å². The highest BCUT2D eigenvalue weighted by Crippen LogP contribution is 2.18. The van der Waals surface area contributed by atoms with Gasteiger partial charge in [-0.25, -0.2) is 9.59 Å². The number of esters is 1. The van der Waals surface area contributed by atoms with E-state index in [9.17, 15) is 9.59 Å². The van der Waals surface area contributed by atoms with Crippen molar-refractivity contribution >= 4 is 17.7 Å². The van der Waals surface area contributed by atoms with E-state index in [1.165, 1.54) is 7.11 Å². The van der Waals surface area contributed by atoms with Crippen LogP contribution >= 0.6 is 0 Å². The number of hydrogen-bond donors (Lipinski definition) is 0. The number of hydrogen-bond acceptors (Lipinski definition) is 4. The summed E-state index contributed by atoms with van der Waals surface area (Å²) in [6.45, 7) is 8.51. The molecule has 23 heavy (non-hydrogen) atoms. The highest BCUT2D eigenvalue weighted by molar-refractivity contribution is 5.89. The van der Waals surface area contributed by atoms with Crippen LogP contribution in [0.4, 0.5) is 10.5 Å². The minimum Gasteiger partial charge on any atom is -0.465 e. The molecule has 0 unspecified atom stereocenters. The second-order valence-corrected chi connectivity index (χ2v) is 5.47. The third-order valence-electron chi connectivity index (χ3n) is 4.24. The minimum atomic E-state index is -0.328.